The number of hydrogen-bond acceptors (Lipinski definition) is 5. The van der Waals surface area contributed by atoms with Crippen molar-refractivity contribution in [2.24, 2.45) is 5.92 Å². The predicted octanol–water partition coefficient (Wildman–Crippen LogP) is 3.29. The molecule has 4 amide bonds. The number of amides is 4. The lowest BCUT2D eigenvalue weighted by Gasteiger charge is -2.22. The van der Waals surface area contributed by atoms with Gasteiger partial charge in [0.2, 0.25) is 5.91 Å². The molecule has 2 aromatic rings. The highest BCUT2D eigenvalue weighted by molar-refractivity contribution is 8.18. The molecule has 0 aromatic heterocycles. The molecule has 2 aromatic carbocycles. The molecule has 0 unspecified atom stereocenters. The first-order valence-electron chi connectivity index (χ1n) is 10.3. The summed E-state index contributed by atoms with van der Waals surface area (Å²) in [5.74, 6) is -1.22. The third-order valence-electron chi connectivity index (χ3n) is 4.88. The molecule has 0 radical (unpaired) electrons. The van der Waals surface area contributed by atoms with Gasteiger partial charge in [0, 0.05) is 18.7 Å². The molecule has 166 valence electrons. The van der Waals surface area contributed by atoms with Crippen LogP contribution in [0.3, 0.4) is 0 Å². The smallest absolute Gasteiger partial charge is 0.293 e. The van der Waals surface area contributed by atoms with E-state index in [-0.39, 0.29) is 42.0 Å². The molecule has 0 saturated carbocycles. The van der Waals surface area contributed by atoms with Gasteiger partial charge in [-0.2, -0.15) is 0 Å². The Morgan fingerprint density at radius 3 is 2.25 bits per heavy atom. The number of imide groups is 1. The fourth-order valence-electron chi connectivity index (χ4n) is 3.14. The zero-order valence-electron chi connectivity index (χ0n) is 17.9. The third-order valence-corrected chi connectivity index (χ3v) is 5.78. The number of rotatable bonds is 8. The second-order valence-electron chi connectivity index (χ2n) is 7.60. The van der Waals surface area contributed by atoms with E-state index in [1.54, 1.807) is 30.3 Å². The molecule has 32 heavy (non-hydrogen) atoms. The average molecular weight is 452 g/mol. The van der Waals surface area contributed by atoms with Gasteiger partial charge in [-0.3, -0.25) is 24.1 Å². The van der Waals surface area contributed by atoms with Crippen molar-refractivity contribution >= 4 is 40.8 Å². The van der Waals surface area contributed by atoms with Crippen molar-refractivity contribution in [3.05, 3.63) is 76.7 Å². The Hall–Kier alpha value is -3.39. The number of nitrogens with zero attached hydrogens (tertiary/aromatic N) is 1. The zero-order valence-corrected chi connectivity index (χ0v) is 18.7. The first-order valence-corrected chi connectivity index (χ1v) is 11.1. The standard InChI is InChI=1S/C24H25N3O4S/c1-16(2)20(26-21(28)18-11-7-4-8-12-18)22(29)25-13-14-27-23(30)19(32-24(27)31)15-17-9-5-3-6-10-17/h3-12,15-16,20H,13-14H2,1-2H3,(H,25,29)(H,26,28)/b19-15-/t20-/m1/s1. The van der Waals surface area contributed by atoms with Gasteiger partial charge >= 0.3 is 0 Å². The fraction of sp³-hybridized carbons (Fsp3) is 0.250. The summed E-state index contributed by atoms with van der Waals surface area (Å²) in [5, 5.41) is 5.11. The summed E-state index contributed by atoms with van der Waals surface area (Å²) in [6.07, 6.45) is 1.68. The van der Waals surface area contributed by atoms with Crippen molar-refractivity contribution in [2.75, 3.05) is 13.1 Å². The maximum Gasteiger partial charge on any atom is 0.293 e. The molecule has 1 atom stereocenters. The number of carbonyl (C=O) groups is 4. The molecule has 8 heteroatoms. The van der Waals surface area contributed by atoms with Gasteiger partial charge in [-0.1, -0.05) is 62.4 Å². The lowest BCUT2D eigenvalue weighted by Crippen LogP contribution is -2.51. The number of benzene rings is 2. The topological polar surface area (TPSA) is 95.6 Å². The number of nitrogens with one attached hydrogen (secondary N) is 2. The van der Waals surface area contributed by atoms with Crippen molar-refractivity contribution in [2.45, 2.75) is 19.9 Å². The third kappa shape index (κ3) is 5.85. The van der Waals surface area contributed by atoms with E-state index in [4.69, 9.17) is 0 Å². The van der Waals surface area contributed by atoms with Gasteiger partial charge in [-0.25, -0.2) is 0 Å². The molecule has 1 aliphatic heterocycles. The summed E-state index contributed by atoms with van der Waals surface area (Å²) >= 11 is 0.882. The molecule has 1 heterocycles. The van der Waals surface area contributed by atoms with Crippen LogP contribution < -0.4 is 10.6 Å². The van der Waals surface area contributed by atoms with Crippen LogP contribution in [-0.2, 0) is 9.59 Å². The minimum atomic E-state index is -0.740. The lowest BCUT2D eigenvalue weighted by atomic mass is 10.0. The van der Waals surface area contributed by atoms with E-state index in [1.807, 2.05) is 50.2 Å². The molecule has 0 aliphatic carbocycles. The van der Waals surface area contributed by atoms with E-state index in [1.165, 1.54) is 0 Å². The molecule has 0 spiro atoms. The Kier molecular flexibility index (Phi) is 7.83. The molecule has 3 rings (SSSR count). The zero-order chi connectivity index (χ0) is 23.1. The molecule has 1 saturated heterocycles. The van der Waals surface area contributed by atoms with Crippen molar-refractivity contribution < 1.29 is 19.2 Å². The van der Waals surface area contributed by atoms with Crippen molar-refractivity contribution in [1.29, 1.82) is 0 Å². The molecule has 1 fully saturated rings. The van der Waals surface area contributed by atoms with Crippen LogP contribution in [0.4, 0.5) is 4.79 Å². The average Bonchev–Trinajstić information content (AvgIpc) is 3.05. The van der Waals surface area contributed by atoms with Crippen molar-refractivity contribution in [3.8, 4) is 0 Å². The Bertz CT molecular complexity index is 1020. The first kappa shape index (κ1) is 23.3. The Labute approximate surface area is 191 Å². The second-order valence-corrected chi connectivity index (χ2v) is 8.59. The Morgan fingerprint density at radius 1 is 1.00 bits per heavy atom. The highest BCUT2D eigenvalue weighted by Gasteiger charge is 2.35. The summed E-state index contributed by atoms with van der Waals surface area (Å²) in [4.78, 5) is 51.4. The van der Waals surface area contributed by atoms with E-state index in [2.05, 4.69) is 10.6 Å². The van der Waals surface area contributed by atoms with E-state index >= 15 is 0 Å². The number of hydrogen-bond donors (Lipinski definition) is 2. The van der Waals surface area contributed by atoms with Gasteiger partial charge < -0.3 is 10.6 Å². The SMILES string of the molecule is CC(C)[C@@H](NC(=O)c1ccccc1)C(=O)NCCN1C(=O)S/C(=C\c2ccccc2)C1=O. The van der Waals surface area contributed by atoms with Crippen LogP contribution in [-0.4, -0.2) is 47.0 Å². The lowest BCUT2D eigenvalue weighted by molar-refractivity contribution is -0.125. The summed E-state index contributed by atoms with van der Waals surface area (Å²) in [5.41, 5.74) is 1.30. The Morgan fingerprint density at radius 2 is 1.62 bits per heavy atom. The van der Waals surface area contributed by atoms with E-state index < -0.39 is 6.04 Å². The van der Waals surface area contributed by atoms with Crippen LogP contribution >= 0.6 is 11.8 Å². The van der Waals surface area contributed by atoms with Crippen LogP contribution in [0.5, 0.6) is 0 Å². The molecule has 1 aliphatic rings. The van der Waals surface area contributed by atoms with Gasteiger partial charge in [0.05, 0.1) is 4.91 Å². The molecular formula is C24H25N3O4S. The summed E-state index contributed by atoms with van der Waals surface area (Å²) in [6, 6.07) is 17.2. The van der Waals surface area contributed by atoms with E-state index in [9.17, 15) is 19.2 Å². The second kappa shape index (κ2) is 10.8. The van der Waals surface area contributed by atoms with Gasteiger partial charge in [0.15, 0.2) is 0 Å². The summed E-state index contributed by atoms with van der Waals surface area (Å²) in [7, 11) is 0. The molecular weight excluding hydrogens is 426 g/mol. The van der Waals surface area contributed by atoms with Crippen LogP contribution in [0.25, 0.3) is 6.08 Å². The van der Waals surface area contributed by atoms with E-state index in [0.29, 0.717) is 10.5 Å². The largest absolute Gasteiger partial charge is 0.353 e. The minimum Gasteiger partial charge on any atom is -0.353 e. The van der Waals surface area contributed by atoms with Gasteiger partial charge in [-0.15, -0.1) is 0 Å². The first-order chi connectivity index (χ1) is 15.4. The number of thioether (sulfide) groups is 1. The maximum atomic E-state index is 12.7. The highest BCUT2D eigenvalue weighted by Crippen LogP contribution is 2.31. The predicted molar refractivity (Wildman–Crippen MR) is 125 cm³/mol. The normalized spacial score (nSPS) is 15.8. The van der Waals surface area contributed by atoms with E-state index in [0.717, 1.165) is 22.2 Å². The number of carbonyl (C=O) groups excluding carboxylic acids is 4. The maximum absolute atomic E-state index is 12.7. The van der Waals surface area contributed by atoms with Crippen LogP contribution in [0.15, 0.2) is 65.6 Å². The quantitative estimate of drug-likeness (QED) is 0.601. The molecule has 0 bridgehead atoms. The van der Waals surface area contributed by atoms with Crippen LogP contribution in [0, 0.1) is 5.92 Å². The van der Waals surface area contributed by atoms with Gasteiger partial charge in [0.1, 0.15) is 6.04 Å². The Balaban J connectivity index is 1.55. The summed E-state index contributed by atoms with van der Waals surface area (Å²) < 4.78 is 0. The van der Waals surface area contributed by atoms with Crippen molar-refractivity contribution in [3.63, 3.8) is 0 Å². The fourth-order valence-corrected chi connectivity index (χ4v) is 4.01. The van der Waals surface area contributed by atoms with Crippen LogP contribution in [0.1, 0.15) is 29.8 Å². The van der Waals surface area contributed by atoms with Crippen LogP contribution in [0.2, 0.25) is 0 Å². The van der Waals surface area contributed by atoms with Gasteiger partial charge in [-0.05, 0) is 41.5 Å². The molecule has 7 nitrogen and oxygen atoms in total. The van der Waals surface area contributed by atoms with Crippen molar-refractivity contribution in [1.82, 2.24) is 15.5 Å². The molecule has 2 N–H and O–H groups in total. The van der Waals surface area contributed by atoms with Gasteiger partial charge in [0.25, 0.3) is 17.1 Å². The minimum absolute atomic E-state index is 0.0555. The monoisotopic (exact) mass is 451 g/mol. The highest BCUT2D eigenvalue weighted by atomic mass is 32.2. The summed E-state index contributed by atoms with van der Waals surface area (Å²) in [6.45, 7) is 3.82.